The molecule has 0 radical (unpaired) electrons. The van der Waals surface area contributed by atoms with E-state index in [1.807, 2.05) is 24.3 Å². The molecule has 0 aliphatic heterocycles. The lowest BCUT2D eigenvalue weighted by Gasteiger charge is -2.09. The van der Waals surface area contributed by atoms with Crippen molar-refractivity contribution in [3.8, 4) is 16.9 Å². The molecule has 2 N–H and O–H groups in total. The van der Waals surface area contributed by atoms with Crippen LogP contribution in [0.5, 0.6) is 5.75 Å². The number of fused-ring (bicyclic) bond motifs is 1. The number of phenols is 1. The number of para-hydroxylation sites is 1. The van der Waals surface area contributed by atoms with Gasteiger partial charge in [-0.1, -0.05) is 82.9 Å². The van der Waals surface area contributed by atoms with Gasteiger partial charge in [0.05, 0.1) is 0 Å². The second-order valence-corrected chi connectivity index (χ2v) is 7.78. The summed E-state index contributed by atoms with van der Waals surface area (Å²) in [6, 6.07) is 11.8. The molecule has 0 fully saturated rings. The number of aromatic nitrogens is 3. The summed E-state index contributed by atoms with van der Waals surface area (Å²) in [4.78, 5) is 0. The molecule has 2 aromatic carbocycles. The van der Waals surface area contributed by atoms with Crippen molar-refractivity contribution in [2.24, 2.45) is 0 Å². The average Bonchev–Trinajstić information content (AvgIpc) is 3.19. The summed E-state index contributed by atoms with van der Waals surface area (Å²) in [6.07, 6.45) is 14.5. The van der Waals surface area contributed by atoms with Gasteiger partial charge in [0.15, 0.2) is 0 Å². The van der Waals surface area contributed by atoms with Gasteiger partial charge in [0.1, 0.15) is 16.8 Å². The van der Waals surface area contributed by atoms with Gasteiger partial charge in [-0.3, -0.25) is 0 Å². The lowest BCUT2D eigenvalue weighted by atomic mass is 9.98. The molecule has 4 nitrogen and oxygen atoms in total. The van der Waals surface area contributed by atoms with Gasteiger partial charge in [-0.05, 0) is 36.6 Å². The van der Waals surface area contributed by atoms with Gasteiger partial charge >= 0.3 is 0 Å². The Morgan fingerprint density at radius 3 is 2.25 bits per heavy atom. The van der Waals surface area contributed by atoms with Crippen molar-refractivity contribution in [1.29, 1.82) is 0 Å². The number of benzene rings is 2. The number of aryl methyl sites for hydroxylation is 1. The zero-order chi connectivity index (χ0) is 19.6. The van der Waals surface area contributed by atoms with Gasteiger partial charge in [0.2, 0.25) is 0 Å². The van der Waals surface area contributed by atoms with E-state index in [-0.39, 0.29) is 0 Å². The van der Waals surface area contributed by atoms with Gasteiger partial charge < -0.3 is 5.11 Å². The van der Waals surface area contributed by atoms with Crippen molar-refractivity contribution in [2.45, 2.75) is 77.6 Å². The molecule has 0 unspecified atom stereocenters. The fourth-order valence-electron chi connectivity index (χ4n) is 3.86. The summed E-state index contributed by atoms with van der Waals surface area (Å²) < 4.78 is 0. The minimum atomic E-state index is 0.294. The summed E-state index contributed by atoms with van der Waals surface area (Å²) in [7, 11) is 0. The first-order chi connectivity index (χ1) is 13.8. The molecule has 0 atom stereocenters. The van der Waals surface area contributed by atoms with Crippen LogP contribution in [0.1, 0.15) is 76.7 Å². The van der Waals surface area contributed by atoms with E-state index in [1.54, 1.807) is 6.07 Å². The third-order valence-electron chi connectivity index (χ3n) is 5.52. The monoisotopic (exact) mass is 379 g/mol. The molecule has 3 aromatic rings. The van der Waals surface area contributed by atoms with Crippen molar-refractivity contribution in [1.82, 2.24) is 15.4 Å². The number of unbranched alkanes of at least 4 members (excludes halogenated alkanes) is 9. The Hall–Kier alpha value is -2.36. The van der Waals surface area contributed by atoms with Crippen LogP contribution in [0.2, 0.25) is 0 Å². The molecule has 0 spiro atoms. The number of nitrogens with one attached hydrogen (secondary N) is 1. The second kappa shape index (κ2) is 10.8. The smallest absolute Gasteiger partial charge is 0.123 e. The molecule has 0 saturated heterocycles. The molecule has 150 valence electrons. The first-order valence-corrected chi connectivity index (χ1v) is 10.9. The van der Waals surface area contributed by atoms with Crippen LogP contribution < -0.4 is 0 Å². The van der Waals surface area contributed by atoms with E-state index in [0.29, 0.717) is 5.75 Å². The molecule has 1 aromatic heterocycles. The maximum Gasteiger partial charge on any atom is 0.123 e. The number of phenolic OH excluding ortho intramolecular Hbond substituents is 1. The zero-order valence-electron chi connectivity index (χ0n) is 17.1. The van der Waals surface area contributed by atoms with Crippen molar-refractivity contribution >= 4 is 11.0 Å². The highest BCUT2D eigenvalue weighted by Crippen LogP contribution is 2.34. The van der Waals surface area contributed by atoms with E-state index in [1.165, 1.54) is 69.8 Å². The molecule has 0 aliphatic rings. The Balaban J connectivity index is 1.47. The van der Waals surface area contributed by atoms with Crippen LogP contribution in [0.3, 0.4) is 0 Å². The molecule has 1 heterocycles. The molecule has 0 amide bonds. The van der Waals surface area contributed by atoms with Crippen LogP contribution >= 0.6 is 0 Å². The normalized spacial score (nSPS) is 11.3. The molecule has 4 heteroatoms. The number of nitrogens with zero attached hydrogens (tertiary/aromatic N) is 2. The number of hydrogen-bond donors (Lipinski definition) is 2. The molecular weight excluding hydrogens is 346 g/mol. The second-order valence-electron chi connectivity index (χ2n) is 7.78. The average molecular weight is 380 g/mol. The maximum atomic E-state index is 10.4. The van der Waals surface area contributed by atoms with Crippen LogP contribution in [0.25, 0.3) is 22.2 Å². The minimum Gasteiger partial charge on any atom is -0.507 e. The molecule has 3 rings (SSSR count). The predicted molar refractivity (Wildman–Crippen MR) is 117 cm³/mol. The summed E-state index contributed by atoms with van der Waals surface area (Å²) in [5.74, 6) is 0.294. The lowest BCUT2D eigenvalue weighted by Crippen LogP contribution is -1.89. The van der Waals surface area contributed by atoms with Gasteiger partial charge in [0, 0.05) is 11.1 Å². The summed E-state index contributed by atoms with van der Waals surface area (Å²) in [5, 5.41) is 21.4. The standard InChI is InChI=1S/C24H33N3O/c1-2-3-4-5-6-7-8-9-10-11-13-19-16-17-23(28)21(18-19)20-14-12-15-22-24(20)26-27-25-22/h12,14-18,28H,2-11,13H2,1H3,(H,25,26,27). The number of aromatic hydroxyl groups is 1. The van der Waals surface area contributed by atoms with Gasteiger partial charge in [-0.15, -0.1) is 0 Å². The number of H-pyrrole nitrogens is 1. The number of rotatable bonds is 12. The van der Waals surface area contributed by atoms with Gasteiger partial charge in [0.25, 0.3) is 0 Å². The fourth-order valence-corrected chi connectivity index (χ4v) is 3.86. The highest BCUT2D eigenvalue weighted by atomic mass is 16.3. The minimum absolute atomic E-state index is 0.294. The van der Waals surface area contributed by atoms with Crippen LogP contribution in [-0.2, 0) is 6.42 Å². The molecule has 0 aliphatic carbocycles. The third kappa shape index (κ3) is 5.57. The van der Waals surface area contributed by atoms with E-state index in [0.717, 1.165) is 28.6 Å². The number of aromatic amines is 1. The Labute approximate surface area is 168 Å². The fraction of sp³-hybridized carbons (Fsp3) is 0.500. The highest BCUT2D eigenvalue weighted by molar-refractivity contribution is 5.93. The van der Waals surface area contributed by atoms with Crippen molar-refractivity contribution in [3.63, 3.8) is 0 Å². The topological polar surface area (TPSA) is 61.8 Å². The first kappa shape index (κ1) is 20.4. The Kier molecular flexibility index (Phi) is 7.89. The maximum absolute atomic E-state index is 10.4. The molecular formula is C24H33N3O. The third-order valence-corrected chi connectivity index (χ3v) is 5.52. The van der Waals surface area contributed by atoms with Gasteiger partial charge in [-0.25, -0.2) is 0 Å². The van der Waals surface area contributed by atoms with E-state index in [4.69, 9.17) is 0 Å². The van der Waals surface area contributed by atoms with E-state index in [9.17, 15) is 5.11 Å². The van der Waals surface area contributed by atoms with Crippen molar-refractivity contribution in [3.05, 3.63) is 42.0 Å². The molecule has 28 heavy (non-hydrogen) atoms. The SMILES string of the molecule is CCCCCCCCCCCCc1ccc(O)c(-c2cccc3n[nH]nc23)c1. The lowest BCUT2D eigenvalue weighted by molar-refractivity contribution is 0.477. The first-order valence-electron chi connectivity index (χ1n) is 10.9. The van der Waals surface area contributed by atoms with E-state index < -0.39 is 0 Å². The Morgan fingerprint density at radius 1 is 0.786 bits per heavy atom. The summed E-state index contributed by atoms with van der Waals surface area (Å²) in [5.41, 5.74) is 4.65. The van der Waals surface area contributed by atoms with Gasteiger partial charge in [-0.2, -0.15) is 15.4 Å². The summed E-state index contributed by atoms with van der Waals surface area (Å²) in [6.45, 7) is 2.27. The zero-order valence-corrected chi connectivity index (χ0v) is 17.1. The Morgan fingerprint density at radius 2 is 1.50 bits per heavy atom. The summed E-state index contributed by atoms with van der Waals surface area (Å²) >= 11 is 0. The van der Waals surface area contributed by atoms with Crippen LogP contribution in [0.15, 0.2) is 36.4 Å². The molecule has 0 bridgehead atoms. The molecule has 0 saturated carbocycles. The predicted octanol–water partition coefficient (Wildman–Crippen LogP) is 6.79. The number of hydrogen-bond acceptors (Lipinski definition) is 3. The Bertz CT molecular complexity index is 856. The van der Waals surface area contributed by atoms with Crippen LogP contribution in [0, 0.1) is 0 Å². The largest absolute Gasteiger partial charge is 0.507 e. The highest BCUT2D eigenvalue weighted by Gasteiger charge is 2.11. The van der Waals surface area contributed by atoms with E-state index in [2.05, 4.69) is 28.4 Å². The van der Waals surface area contributed by atoms with Crippen LogP contribution in [0.4, 0.5) is 0 Å². The van der Waals surface area contributed by atoms with Crippen molar-refractivity contribution in [2.75, 3.05) is 0 Å². The van der Waals surface area contributed by atoms with Crippen molar-refractivity contribution < 1.29 is 5.11 Å². The van der Waals surface area contributed by atoms with E-state index >= 15 is 0 Å². The quantitative estimate of drug-likeness (QED) is 0.340. The van der Waals surface area contributed by atoms with Crippen LogP contribution in [-0.4, -0.2) is 20.5 Å².